The number of methoxy groups -OCH3 is 1. The predicted octanol–water partition coefficient (Wildman–Crippen LogP) is 2.24. The Morgan fingerprint density at radius 2 is 1.67 bits per heavy atom. The van der Waals surface area contributed by atoms with Crippen molar-refractivity contribution in [2.45, 2.75) is 47.1 Å². The quantitative estimate of drug-likeness (QED) is 0.662. The van der Waals surface area contributed by atoms with Crippen LogP contribution >= 0.6 is 0 Å². The molecule has 1 rings (SSSR count). The number of rotatable bonds is 9. The Morgan fingerprint density at radius 1 is 1.07 bits per heavy atom. The van der Waals surface area contributed by atoms with Gasteiger partial charge in [0.2, 0.25) is 0 Å². The lowest BCUT2D eigenvalue weighted by molar-refractivity contribution is -0.152. The Balaban J connectivity index is 2.52. The van der Waals surface area contributed by atoms with Crippen molar-refractivity contribution in [1.82, 2.24) is 5.32 Å². The molecule has 0 radical (unpaired) electrons. The van der Waals surface area contributed by atoms with Crippen LogP contribution in [0.4, 0.5) is 0 Å². The largest absolute Gasteiger partial charge is 0.481 e. The minimum absolute atomic E-state index is 0.104. The molecule has 0 aliphatic carbocycles. The monoisotopic (exact) mass is 379 g/mol. The van der Waals surface area contributed by atoms with Gasteiger partial charge in [-0.3, -0.25) is 4.79 Å². The first-order valence-electron chi connectivity index (χ1n) is 8.93. The van der Waals surface area contributed by atoms with Crippen LogP contribution in [0.15, 0.2) is 12.1 Å². The van der Waals surface area contributed by atoms with E-state index in [9.17, 15) is 14.4 Å². The van der Waals surface area contributed by atoms with Gasteiger partial charge >= 0.3 is 11.9 Å². The first-order valence-corrected chi connectivity index (χ1v) is 8.93. The number of hydrogen-bond acceptors (Lipinski definition) is 6. The van der Waals surface area contributed by atoms with E-state index in [0.717, 1.165) is 16.7 Å². The fourth-order valence-corrected chi connectivity index (χ4v) is 2.72. The summed E-state index contributed by atoms with van der Waals surface area (Å²) in [5.41, 5.74) is 2.96. The number of hydrogen-bond donors (Lipinski definition) is 1. The summed E-state index contributed by atoms with van der Waals surface area (Å²) in [5.74, 6) is -1.24. The fraction of sp³-hybridized carbons (Fsp3) is 0.550. The van der Waals surface area contributed by atoms with E-state index in [1.165, 1.54) is 7.11 Å². The van der Waals surface area contributed by atoms with Gasteiger partial charge in [-0.15, -0.1) is 0 Å². The molecule has 1 amide bonds. The van der Waals surface area contributed by atoms with E-state index in [0.29, 0.717) is 12.2 Å². The highest BCUT2D eigenvalue weighted by Gasteiger charge is 2.27. The van der Waals surface area contributed by atoms with Crippen molar-refractivity contribution in [1.29, 1.82) is 0 Å². The van der Waals surface area contributed by atoms with Gasteiger partial charge in [0, 0.05) is 0 Å². The lowest BCUT2D eigenvalue weighted by atomic mass is 9.99. The Bertz CT molecular complexity index is 662. The number of nitrogens with one attached hydrogen (secondary N) is 1. The standard InChI is InChI=1S/C20H29NO6/c1-7-13(3)18(20(24)25-6)21-16(22)10-26-17(23)11-27-19-14(4)8-12(2)9-15(19)5/h8-9,13,18H,7,10-11H2,1-6H3,(H,21,22). The van der Waals surface area contributed by atoms with Crippen LogP contribution in [0.2, 0.25) is 0 Å². The molecule has 1 aromatic carbocycles. The average molecular weight is 379 g/mol. The van der Waals surface area contributed by atoms with Gasteiger partial charge in [0.1, 0.15) is 11.8 Å². The van der Waals surface area contributed by atoms with Gasteiger partial charge in [-0.25, -0.2) is 9.59 Å². The first-order chi connectivity index (χ1) is 12.7. The molecule has 2 atom stereocenters. The van der Waals surface area contributed by atoms with Crippen LogP contribution in [0, 0.1) is 26.7 Å². The third kappa shape index (κ3) is 6.92. The highest BCUT2D eigenvalue weighted by Crippen LogP contribution is 2.24. The van der Waals surface area contributed by atoms with Gasteiger partial charge in [-0.2, -0.15) is 0 Å². The summed E-state index contributed by atoms with van der Waals surface area (Å²) in [6.45, 7) is 8.72. The van der Waals surface area contributed by atoms with Crippen LogP contribution in [0.25, 0.3) is 0 Å². The molecule has 0 aliphatic rings. The van der Waals surface area contributed by atoms with E-state index in [2.05, 4.69) is 5.32 Å². The summed E-state index contributed by atoms with van der Waals surface area (Å²) >= 11 is 0. The molecule has 1 aromatic rings. The highest BCUT2D eigenvalue weighted by molar-refractivity contribution is 5.86. The van der Waals surface area contributed by atoms with E-state index in [1.807, 2.05) is 46.8 Å². The summed E-state index contributed by atoms with van der Waals surface area (Å²) in [6.07, 6.45) is 0.683. The van der Waals surface area contributed by atoms with Crippen LogP contribution in [-0.4, -0.2) is 44.2 Å². The van der Waals surface area contributed by atoms with E-state index in [-0.39, 0.29) is 12.5 Å². The molecule has 0 aliphatic heterocycles. The number of benzene rings is 1. The van der Waals surface area contributed by atoms with Crippen molar-refractivity contribution in [2.24, 2.45) is 5.92 Å². The second kappa shape index (κ2) is 10.5. The molecule has 2 unspecified atom stereocenters. The summed E-state index contributed by atoms with van der Waals surface area (Å²) in [7, 11) is 1.26. The average Bonchev–Trinajstić information content (AvgIpc) is 2.62. The van der Waals surface area contributed by atoms with Crippen molar-refractivity contribution >= 4 is 17.8 Å². The third-order valence-corrected chi connectivity index (χ3v) is 4.29. The van der Waals surface area contributed by atoms with Gasteiger partial charge in [-0.05, 0) is 37.8 Å². The van der Waals surface area contributed by atoms with Crippen LogP contribution < -0.4 is 10.1 Å². The molecule has 0 aromatic heterocycles. The van der Waals surface area contributed by atoms with Gasteiger partial charge in [-0.1, -0.05) is 38.0 Å². The van der Waals surface area contributed by atoms with Crippen LogP contribution in [0.1, 0.15) is 37.0 Å². The molecule has 0 heterocycles. The second-order valence-corrected chi connectivity index (χ2v) is 6.63. The summed E-state index contributed by atoms with van der Waals surface area (Å²) < 4.78 is 15.2. The topological polar surface area (TPSA) is 90.9 Å². The minimum atomic E-state index is -0.777. The molecule has 7 nitrogen and oxygen atoms in total. The summed E-state index contributed by atoms with van der Waals surface area (Å²) in [5, 5.41) is 2.54. The normalized spacial score (nSPS) is 12.7. The molecule has 0 spiro atoms. The molecule has 0 fully saturated rings. The van der Waals surface area contributed by atoms with Crippen LogP contribution in [0.3, 0.4) is 0 Å². The maximum Gasteiger partial charge on any atom is 0.344 e. The molecule has 1 N–H and O–H groups in total. The summed E-state index contributed by atoms with van der Waals surface area (Å²) in [6, 6.07) is 3.15. The van der Waals surface area contributed by atoms with Gasteiger partial charge in [0.25, 0.3) is 5.91 Å². The molecule has 27 heavy (non-hydrogen) atoms. The zero-order valence-electron chi connectivity index (χ0n) is 16.9. The van der Waals surface area contributed by atoms with Crippen molar-refractivity contribution in [3.05, 3.63) is 28.8 Å². The molecule has 7 heteroatoms. The van der Waals surface area contributed by atoms with E-state index < -0.39 is 30.5 Å². The van der Waals surface area contributed by atoms with Crippen molar-refractivity contribution in [3.63, 3.8) is 0 Å². The van der Waals surface area contributed by atoms with Gasteiger partial charge in [0.15, 0.2) is 13.2 Å². The number of ether oxygens (including phenoxy) is 3. The molecular formula is C20H29NO6. The van der Waals surface area contributed by atoms with E-state index >= 15 is 0 Å². The number of carbonyl (C=O) groups is 3. The molecular weight excluding hydrogens is 350 g/mol. The Morgan fingerprint density at radius 3 is 2.19 bits per heavy atom. The first kappa shape index (κ1) is 22.5. The lowest BCUT2D eigenvalue weighted by Gasteiger charge is -2.21. The van der Waals surface area contributed by atoms with E-state index in [1.54, 1.807) is 0 Å². The zero-order chi connectivity index (χ0) is 20.6. The zero-order valence-corrected chi connectivity index (χ0v) is 16.9. The Kier molecular flexibility index (Phi) is 8.78. The van der Waals surface area contributed by atoms with Gasteiger partial charge in [0.05, 0.1) is 7.11 Å². The Hall–Kier alpha value is -2.57. The SMILES string of the molecule is CCC(C)C(NC(=O)COC(=O)COc1c(C)cc(C)cc1C)C(=O)OC. The Labute approximate surface area is 160 Å². The molecule has 0 saturated carbocycles. The summed E-state index contributed by atoms with van der Waals surface area (Å²) in [4.78, 5) is 35.6. The van der Waals surface area contributed by atoms with Crippen molar-refractivity contribution in [2.75, 3.05) is 20.3 Å². The second-order valence-electron chi connectivity index (χ2n) is 6.63. The number of carbonyl (C=O) groups excluding carboxylic acids is 3. The molecule has 0 bridgehead atoms. The lowest BCUT2D eigenvalue weighted by Crippen LogP contribution is -2.47. The number of aryl methyl sites for hydroxylation is 3. The molecule has 150 valence electrons. The van der Waals surface area contributed by atoms with Gasteiger partial charge < -0.3 is 19.5 Å². The van der Waals surface area contributed by atoms with E-state index in [4.69, 9.17) is 14.2 Å². The minimum Gasteiger partial charge on any atom is -0.481 e. The van der Waals surface area contributed by atoms with Crippen molar-refractivity contribution < 1.29 is 28.6 Å². The highest BCUT2D eigenvalue weighted by atomic mass is 16.6. The number of esters is 2. The third-order valence-electron chi connectivity index (χ3n) is 4.29. The predicted molar refractivity (Wildman–Crippen MR) is 101 cm³/mol. The van der Waals surface area contributed by atoms with Crippen LogP contribution in [0.5, 0.6) is 5.75 Å². The van der Waals surface area contributed by atoms with Crippen molar-refractivity contribution in [3.8, 4) is 5.75 Å². The maximum absolute atomic E-state index is 12.0. The number of amides is 1. The fourth-order valence-electron chi connectivity index (χ4n) is 2.72. The smallest absolute Gasteiger partial charge is 0.344 e. The maximum atomic E-state index is 12.0. The van der Waals surface area contributed by atoms with Crippen LogP contribution in [-0.2, 0) is 23.9 Å². The molecule has 0 saturated heterocycles.